The lowest BCUT2D eigenvalue weighted by Crippen LogP contribution is -2.35. The first-order valence-electron chi connectivity index (χ1n) is 6.57. The monoisotopic (exact) mass is 286 g/mol. The van der Waals surface area contributed by atoms with Gasteiger partial charge in [0.2, 0.25) is 5.91 Å². The van der Waals surface area contributed by atoms with Gasteiger partial charge in [0.25, 0.3) is 0 Å². The summed E-state index contributed by atoms with van der Waals surface area (Å²) < 4.78 is 37.4. The van der Waals surface area contributed by atoms with Crippen molar-refractivity contribution in [1.29, 1.82) is 0 Å². The number of nitrogens with zero attached hydrogens (tertiary/aromatic N) is 1. The minimum atomic E-state index is -4.30. The molecule has 110 valence electrons. The summed E-state index contributed by atoms with van der Waals surface area (Å²) in [5, 5.41) is 0. The topological polar surface area (TPSA) is 46.3 Å². The third-order valence-corrected chi connectivity index (χ3v) is 3.66. The molecule has 1 aliphatic rings. The van der Waals surface area contributed by atoms with Crippen LogP contribution in [0.4, 0.5) is 18.9 Å². The van der Waals surface area contributed by atoms with Gasteiger partial charge in [-0.2, -0.15) is 13.2 Å². The third-order valence-electron chi connectivity index (χ3n) is 3.66. The van der Waals surface area contributed by atoms with Gasteiger partial charge in [-0.1, -0.05) is 0 Å². The summed E-state index contributed by atoms with van der Waals surface area (Å²) in [6.45, 7) is 1.48. The predicted molar refractivity (Wildman–Crippen MR) is 70.2 cm³/mol. The Morgan fingerprint density at radius 2 is 1.75 bits per heavy atom. The van der Waals surface area contributed by atoms with Gasteiger partial charge in [-0.15, -0.1) is 0 Å². The zero-order chi connectivity index (χ0) is 14.8. The van der Waals surface area contributed by atoms with Crippen LogP contribution in [0.5, 0.6) is 0 Å². The number of hydrogen-bond donors (Lipinski definition) is 1. The number of piperidine rings is 1. The van der Waals surface area contributed by atoms with E-state index in [0.29, 0.717) is 6.42 Å². The van der Waals surface area contributed by atoms with Crippen LogP contribution in [0.15, 0.2) is 24.3 Å². The van der Waals surface area contributed by atoms with Gasteiger partial charge >= 0.3 is 6.18 Å². The zero-order valence-corrected chi connectivity index (χ0v) is 11.0. The standard InChI is InChI=1S/C14H17F3N2O/c15-14(16,17)11-1-3-12(4-2-11)19-7-5-10(6-8-19)9-13(18)20/h1-4,10H,5-9H2,(H2,18,20). The molecule has 0 atom stereocenters. The molecule has 3 nitrogen and oxygen atoms in total. The van der Waals surface area contributed by atoms with Gasteiger partial charge in [0.1, 0.15) is 0 Å². The number of hydrogen-bond acceptors (Lipinski definition) is 2. The number of anilines is 1. The number of alkyl halides is 3. The van der Waals surface area contributed by atoms with Crippen LogP contribution < -0.4 is 10.6 Å². The van der Waals surface area contributed by atoms with E-state index >= 15 is 0 Å². The Morgan fingerprint density at radius 3 is 2.20 bits per heavy atom. The Kier molecular flexibility index (Phi) is 4.20. The molecule has 1 amide bonds. The molecule has 6 heteroatoms. The molecule has 1 aromatic rings. The highest BCUT2D eigenvalue weighted by molar-refractivity contribution is 5.74. The molecule has 1 saturated heterocycles. The Balaban J connectivity index is 1.95. The molecule has 0 saturated carbocycles. The van der Waals surface area contributed by atoms with E-state index in [9.17, 15) is 18.0 Å². The number of benzene rings is 1. The van der Waals surface area contributed by atoms with Crippen molar-refractivity contribution in [3.8, 4) is 0 Å². The normalized spacial score (nSPS) is 17.2. The van der Waals surface area contributed by atoms with Crippen LogP contribution in [0.1, 0.15) is 24.8 Å². The molecule has 0 aromatic heterocycles. The minimum Gasteiger partial charge on any atom is -0.372 e. The van der Waals surface area contributed by atoms with E-state index in [1.165, 1.54) is 12.1 Å². The van der Waals surface area contributed by atoms with E-state index in [2.05, 4.69) is 0 Å². The lowest BCUT2D eigenvalue weighted by Gasteiger charge is -2.33. The van der Waals surface area contributed by atoms with E-state index in [4.69, 9.17) is 5.73 Å². The summed E-state index contributed by atoms with van der Waals surface area (Å²) in [5.74, 6) is -0.00354. The quantitative estimate of drug-likeness (QED) is 0.928. The highest BCUT2D eigenvalue weighted by atomic mass is 19.4. The Hall–Kier alpha value is -1.72. The Bertz CT molecular complexity index is 462. The molecule has 2 N–H and O–H groups in total. The smallest absolute Gasteiger partial charge is 0.372 e. The van der Waals surface area contributed by atoms with Crippen LogP contribution in [0.3, 0.4) is 0 Å². The number of primary amides is 1. The van der Waals surface area contributed by atoms with Gasteiger partial charge < -0.3 is 10.6 Å². The first-order valence-corrected chi connectivity index (χ1v) is 6.57. The molecule has 0 spiro atoms. The average molecular weight is 286 g/mol. The fraction of sp³-hybridized carbons (Fsp3) is 0.500. The maximum atomic E-state index is 12.5. The third kappa shape index (κ3) is 3.65. The van der Waals surface area contributed by atoms with Gasteiger partial charge in [-0.05, 0) is 43.0 Å². The molecule has 1 fully saturated rings. The second kappa shape index (κ2) is 5.73. The summed E-state index contributed by atoms with van der Waals surface area (Å²) in [4.78, 5) is 12.9. The Labute approximate surface area is 115 Å². The summed E-state index contributed by atoms with van der Waals surface area (Å²) in [6.07, 6.45) is -2.23. The van der Waals surface area contributed by atoms with Crippen LogP contribution in [0.2, 0.25) is 0 Å². The van der Waals surface area contributed by atoms with Crippen molar-refractivity contribution in [2.24, 2.45) is 11.7 Å². The van der Waals surface area contributed by atoms with E-state index in [1.807, 2.05) is 4.90 Å². The molecule has 0 radical (unpaired) electrons. The average Bonchev–Trinajstić information content (AvgIpc) is 2.38. The number of carbonyl (C=O) groups is 1. The molecule has 0 aliphatic carbocycles. The number of nitrogens with two attached hydrogens (primary N) is 1. The van der Waals surface area contributed by atoms with Crippen molar-refractivity contribution in [2.75, 3.05) is 18.0 Å². The molecule has 0 unspecified atom stereocenters. The molecular formula is C14H17F3N2O. The van der Waals surface area contributed by atoms with Gasteiger partial charge in [0, 0.05) is 25.2 Å². The Morgan fingerprint density at radius 1 is 1.20 bits per heavy atom. The van der Waals surface area contributed by atoms with Crippen LogP contribution >= 0.6 is 0 Å². The summed E-state index contributed by atoms with van der Waals surface area (Å²) >= 11 is 0. The SMILES string of the molecule is NC(=O)CC1CCN(c2ccc(C(F)(F)F)cc2)CC1. The molecule has 1 aliphatic heterocycles. The maximum absolute atomic E-state index is 12.5. The fourth-order valence-electron chi connectivity index (χ4n) is 2.54. The van der Waals surface area contributed by atoms with Crippen molar-refractivity contribution < 1.29 is 18.0 Å². The van der Waals surface area contributed by atoms with E-state index < -0.39 is 11.7 Å². The first-order chi connectivity index (χ1) is 9.36. The van der Waals surface area contributed by atoms with Crippen molar-refractivity contribution in [2.45, 2.75) is 25.4 Å². The second-order valence-corrected chi connectivity index (χ2v) is 5.15. The van der Waals surface area contributed by atoms with Gasteiger partial charge in [0.15, 0.2) is 0 Å². The zero-order valence-electron chi connectivity index (χ0n) is 11.0. The van der Waals surface area contributed by atoms with Crippen LogP contribution in [-0.2, 0) is 11.0 Å². The summed E-state index contributed by atoms with van der Waals surface area (Å²) in [5.41, 5.74) is 5.32. The van der Waals surface area contributed by atoms with E-state index in [-0.39, 0.29) is 11.8 Å². The van der Waals surface area contributed by atoms with Gasteiger partial charge in [-0.3, -0.25) is 4.79 Å². The van der Waals surface area contributed by atoms with Crippen molar-refractivity contribution >= 4 is 11.6 Å². The summed E-state index contributed by atoms with van der Waals surface area (Å²) in [6, 6.07) is 5.20. The lowest BCUT2D eigenvalue weighted by molar-refractivity contribution is -0.137. The van der Waals surface area contributed by atoms with Crippen LogP contribution in [0.25, 0.3) is 0 Å². The van der Waals surface area contributed by atoms with Gasteiger partial charge in [-0.25, -0.2) is 0 Å². The first kappa shape index (κ1) is 14.7. The van der Waals surface area contributed by atoms with E-state index in [0.717, 1.165) is 43.8 Å². The van der Waals surface area contributed by atoms with Crippen LogP contribution in [-0.4, -0.2) is 19.0 Å². The second-order valence-electron chi connectivity index (χ2n) is 5.15. The number of rotatable bonds is 3. The van der Waals surface area contributed by atoms with E-state index in [1.54, 1.807) is 0 Å². The minimum absolute atomic E-state index is 0.290. The van der Waals surface area contributed by atoms with Crippen molar-refractivity contribution in [1.82, 2.24) is 0 Å². The number of halogens is 3. The number of amides is 1. The largest absolute Gasteiger partial charge is 0.416 e. The molecular weight excluding hydrogens is 269 g/mol. The van der Waals surface area contributed by atoms with Crippen molar-refractivity contribution in [3.05, 3.63) is 29.8 Å². The fourth-order valence-corrected chi connectivity index (χ4v) is 2.54. The van der Waals surface area contributed by atoms with Gasteiger partial charge in [0.05, 0.1) is 5.56 Å². The maximum Gasteiger partial charge on any atom is 0.416 e. The lowest BCUT2D eigenvalue weighted by atomic mass is 9.93. The number of carbonyl (C=O) groups excluding carboxylic acids is 1. The molecule has 20 heavy (non-hydrogen) atoms. The summed E-state index contributed by atoms with van der Waals surface area (Å²) in [7, 11) is 0. The molecule has 0 bridgehead atoms. The predicted octanol–water partition coefficient (Wildman–Crippen LogP) is 2.80. The highest BCUT2D eigenvalue weighted by Gasteiger charge is 2.30. The molecule has 1 aromatic carbocycles. The molecule has 2 rings (SSSR count). The molecule has 1 heterocycles. The van der Waals surface area contributed by atoms with Crippen molar-refractivity contribution in [3.63, 3.8) is 0 Å². The van der Waals surface area contributed by atoms with Crippen LogP contribution in [0, 0.1) is 5.92 Å². The highest BCUT2D eigenvalue weighted by Crippen LogP contribution is 2.31.